The zero-order chi connectivity index (χ0) is 18.1. The van der Waals surface area contributed by atoms with Crippen LogP contribution in [0.5, 0.6) is 0 Å². The predicted octanol–water partition coefficient (Wildman–Crippen LogP) is 2.71. The second kappa shape index (κ2) is 9.26. The number of benzene rings is 1. The van der Waals surface area contributed by atoms with Gasteiger partial charge < -0.3 is 21.5 Å². The zero-order valence-corrected chi connectivity index (χ0v) is 13.3. The van der Waals surface area contributed by atoms with Crippen LogP contribution < -0.4 is 16.4 Å². The molecule has 5 N–H and O–H groups in total. The molecule has 0 bridgehead atoms. The van der Waals surface area contributed by atoms with Crippen molar-refractivity contribution in [3.8, 4) is 0 Å². The van der Waals surface area contributed by atoms with E-state index in [1.165, 1.54) is 25.2 Å². The van der Waals surface area contributed by atoms with E-state index in [0.29, 0.717) is 11.4 Å². The Balaban J connectivity index is 2.64. The molecule has 1 atom stereocenters. The molecule has 2 amide bonds. The van der Waals surface area contributed by atoms with E-state index in [2.05, 4.69) is 17.2 Å². The number of hydrogen-bond donors (Lipinski definition) is 4. The van der Waals surface area contributed by atoms with Crippen molar-refractivity contribution in [3.05, 3.63) is 66.2 Å². The van der Waals surface area contributed by atoms with Crippen LogP contribution in [0.4, 0.5) is 14.9 Å². The SMILES string of the molecule is C=C/C(=C\C=C(/C)F)NC(=O)Nc1ccc(C[C@H](N)C(=O)O)cc1. The summed E-state index contributed by atoms with van der Waals surface area (Å²) in [6.45, 7) is 4.82. The lowest BCUT2D eigenvalue weighted by molar-refractivity contribution is -0.138. The van der Waals surface area contributed by atoms with Crippen molar-refractivity contribution < 1.29 is 19.1 Å². The number of halogens is 1. The molecule has 0 saturated carbocycles. The Hall–Kier alpha value is -2.93. The van der Waals surface area contributed by atoms with E-state index in [9.17, 15) is 14.0 Å². The molecule has 1 aromatic rings. The van der Waals surface area contributed by atoms with Crippen molar-refractivity contribution in [3.63, 3.8) is 0 Å². The van der Waals surface area contributed by atoms with Gasteiger partial charge in [-0.1, -0.05) is 18.7 Å². The number of allylic oxidation sites excluding steroid dienone is 4. The van der Waals surface area contributed by atoms with Crippen molar-refractivity contribution in [2.75, 3.05) is 5.32 Å². The molecule has 0 spiro atoms. The van der Waals surface area contributed by atoms with Crippen LogP contribution in [-0.2, 0) is 11.2 Å². The second-order valence-corrected chi connectivity index (χ2v) is 5.00. The largest absolute Gasteiger partial charge is 0.480 e. The second-order valence-electron chi connectivity index (χ2n) is 5.00. The summed E-state index contributed by atoms with van der Waals surface area (Å²) in [7, 11) is 0. The van der Waals surface area contributed by atoms with E-state index in [-0.39, 0.29) is 6.42 Å². The van der Waals surface area contributed by atoms with Crippen LogP contribution >= 0.6 is 0 Å². The van der Waals surface area contributed by atoms with E-state index in [4.69, 9.17) is 10.8 Å². The number of rotatable bonds is 7. The molecule has 0 aliphatic carbocycles. The van der Waals surface area contributed by atoms with Crippen molar-refractivity contribution in [1.82, 2.24) is 5.32 Å². The maximum atomic E-state index is 12.7. The first kappa shape index (κ1) is 19.1. The summed E-state index contributed by atoms with van der Waals surface area (Å²) in [5.41, 5.74) is 7.06. The van der Waals surface area contributed by atoms with Crippen molar-refractivity contribution in [1.29, 1.82) is 0 Å². The third kappa shape index (κ3) is 6.89. The summed E-state index contributed by atoms with van der Waals surface area (Å²) in [6, 6.07) is 5.13. The molecule has 0 aliphatic rings. The standard InChI is InChI=1S/C17H20FN3O3/c1-3-13(7-4-11(2)18)20-17(24)21-14-8-5-12(6-9-14)10-15(19)16(22)23/h3-9,15H,1,10,19H2,2H3,(H,22,23)(H2,20,21,24)/b11-4+,13-7+/t15-/m0/s1. The lowest BCUT2D eigenvalue weighted by Gasteiger charge is -2.10. The molecule has 0 fully saturated rings. The van der Waals surface area contributed by atoms with Gasteiger partial charge >= 0.3 is 12.0 Å². The van der Waals surface area contributed by atoms with Crippen molar-refractivity contribution in [2.45, 2.75) is 19.4 Å². The van der Waals surface area contributed by atoms with Crippen LogP contribution in [-0.4, -0.2) is 23.1 Å². The van der Waals surface area contributed by atoms with Gasteiger partial charge in [-0.25, -0.2) is 9.18 Å². The van der Waals surface area contributed by atoms with Gasteiger partial charge in [0, 0.05) is 11.4 Å². The zero-order valence-electron chi connectivity index (χ0n) is 13.3. The maximum Gasteiger partial charge on any atom is 0.323 e. The Labute approximate surface area is 139 Å². The summed E-state index contributed by atoms with van der Waals surface area (Å²) in [5, 5.41) is 13.9. The first-order valence-corrected chi connectivity index (χ1v) is 7.13. The number of nitrogens with one attached hydrogen (secondary N) is 2. The fourth-order valence-corrected chi connectivity index (χ4v) is 1.72. The highest BCUT2D eigenvalue weighted by Crippen LogP contribution is 2.11. The van der Waals surface area contributed by atoms with Crippen LogP contribution in [0.2, 0.25) is 0 Å². The molecule has 0 aliphatic heterocycles. The van der Waals surface area contributed by atoms with Gasteiger partial charge in [-0.15, -0.1) is 0 Å². The fourth-order valence-electron chi connectivity index (χ4n) is 1.72. The highest BCUT2D eigenvalue weighted by molar-refractivity contribution is 5.90. The summed E-state index contributed by atoms with van der Waals surface area (Å²) in [6.07, 6.45) is 4.17. The minimum atomic E-state index is -1.07. The van der Waals surface area contributed by atoms with Gasteiger partial charge in [-0.3, -0.25) is 4.79 Å². The number of carbonyl (C=O) groups is 2. The van der Waals surface area contributed by atoms with E-state index in [1.54, 1.807) is 24.3 Å². The Morgan fingerprint density at radius 2 is 1.96 bits per heavy atom. The average Bonchev–Trinajstić information content (AvgIpc) is 2.52. The highest BCUT2D eigenvalue weighted by atomic mass is 19.1. The summed E-state index contributed by atoms with van der Waals surface area (Å²) < 4.78 is 12.7. The third-order valence-electron chi connectivity index (χ3n) is 2.95. The molecule has 7 heteroatoms. The number of nitrogens with two attached hydrogens (primary N) is 1. The molecular weight excluding hydrogens is 313 g/mol. The van der Waals surface area contributed by atoms with Gasteiger partial charge in [0.1, 0.15) is 6.04 Å². The molecule has 0 aromatic heterocycles. The molecule has 128 valence electrons. The lowest BCUT2D eigenvalue weighted by Crippen LogP contribution is -2.32. The molecule has 24 heavy (non-hydrogen) atoms. The summed E-state index contributed by atoms with van der Waals surface area (Å²) >= 11 is 0. The van der Waals surface area contributed by atoms with E-state index >= 15 is 0 Å². The van der Waals surface area contributed by atoms with Gasteiger partial charge in [-0.2, -0.15) is 0 Å². The molecule has 0 radical (unpaired) electrons. The maximum absolute atomic E-state index is 12.7. The molecule has 0 unspecified atom stereocenters. The van der Waals surface area contributed by atoms with Gasteiger partial charge in [0.05, 0.1) is 5.83 Å². The van der Waals surface area contributed by atoms with E-state index in [0.717, 1.165) is 5.56 Å². The number of amides is 2. The molecular formula is C17H20FN3O3. The van der Waals surface area contributed by atoms with Gasteiger partial charge in [-0.05, 0) is 49.3 Å². The number of carboxylic acids is 1. The third-order valence-corrected chi connectivity index (χ3v) is 2.95. The van der Waals surface area contributed by atoms with Crippen LogP contribution in [0.1, 0.15) is 12.5 Å². The van der Waals surface area contributed by atoms with Crippen LogP contribution in [0, 0.1) is 0 Å². The molecule has 1 aromatic carbocycles. The number of carbonyl (C=O) groups excluding carboxylic acids is 1. The number of carboxylic acid groups (broad SMARTS) is 1. The Morgan fingerprint density at radius 1 is 1.33 bits per heavy atom. The number of aliphatic carboxylic acids is 1. The normalized spacial score (nSPS) is 13.1. The monoisotopic (exact) mass is 333 g/mol. The highest BCUT2D eigenvalue weighted by Gasteiger charge is 2.12. The predicted molar refractivity (Wildman–Crippen MR) is 91.1 cm³/mol. The van der Waals surface area contributed by atoms with Crippen molar-refractivity contribution >= 4 is 17.7 Å². The van der Waals surface area contributed by atoms with E-state index < -0.39 is 23.9 Å². The summed E-state index contributed by atoms with van der Waals surface area (Å²) in [5.74, 6) is -1.47. The fraction of sp³-hybridized carbons (Fsp3) is 0.176. The van der Waals surface area contributed by atoms with Gasteiger partial charge in [0.25, 0.3) is 0 Å². The Morgan fingerprint density at radius 3 is 2.46 bits per heavy atom. The smallest absolute Gasteiger partial charge is 0.323 e. The Bertz CT molecular complexity index is 662. The lowest BCUT2D eigenvalue weighted by atomic mass is 10.1. The number of urea groups is 1. The number of anilines is 1. The number of hydrogen-bond acceptors (Lipinski definition) is 3. The van der Waals surface area contributed by atoms with Crippen LogP contribution in [0.25, 0.3) is 0 Å². The first-order chi connectivity index (χ1) is 11.3. The Kier molecular flexibility index (Phi) is 7.38. The summed E-state index contributed by atoms with van der Waals surface area (Å²) in [4.78, 5) is 22.6. The minimum absolute atomic E-state index is 0.195. The van der Waals surface area contributed by atoms with Gasteiger partial charge in [0.2, 0.25) is 0 Å². The quantitative estimate of drug-likeness (QED) is 0.576. The average molecular weight is 333 g/mol. The van der Waals surface area contributed by atoms with Crippen LogP contribution in [0.15, 0.2) is 60.6 Å². The topological polar surface area (TPSA) is 104 Å². The van der Waals surface area contributed by atoms with E-state index in [1.807, 2.05) is 0 Å². The van der Waals surface area contributed by atoms with Crippen LogP contribution in [0.3, 0.4) is 0 Å². The molecule has 6 nitrogen and oxygen atoms in total. The van der Waals surface area contributed by atoms with Crippen molar-refractivity contribution in [2.24, 2.45) is 5.73 Å². The molecule has 0 saturated heterocycles. The minimum Gasteiger partial charge on any atom is -0.480 e. The molecule has 0 heterocycles. The van der Waals surface area contributed by atoms with Gasteiger partial charge in [0.15, 0.2) is 0 Å². The first-order valence-electron chi connectivity index (χ1n) is 7.13. The molecule has 1 rings (SSSR count).